The van der Waals surface area contributed by atoms with E-state index in [1.807, 2.05) is 21.9 Å². The number of rotatable bonds is 6. The first kappa shape index (κ1) is 23.0. The number of aromatic hydroxyl groups is 1. The number of phenols is 1. The molecule has 2 heterocycles. The number of hydrogen-bond acceptors (Lipinski definition) is 10. The summed E-state index contributed by atoms with van der Waals surface area (Å²) in [6, 6.07) is 7.07. The van der Waals surface area contributed by atoms with Crippen LogP contribution >= 0.6 is 0 Å². The van der Waals surface area contributed by atoms with Gasteiger partial charge in [0.25, 0.3) is 0 Å². The second-order valence-electron chi connectivity index (χ2n) is 8.53. The molecular formula is C21H28N6O5. The highest BCUT2D eigenvalue weighted by atomic mass is 16.6. The summed E-state index contributed by atoms with van der Waals surface area (Å²) in [5, 5.41) is 22.0. The molecule has 2 aromatic rings. The fraction of sp³-hybridized carbons (Fsp3) is 0.476. The normalized spacial score (nSPS) is 14.2. The van der Waals surface area contributed by atoms with Gasteiger partial charge in [0.2, 0.25) is 11.6 Å². The summed E-state index contributed by atoms with van der Waals surface area (Å²) in [6.45, 7) is 7.14. The standard InChI is InChI=1S/C21H28N6O5/c1-21(2,3)32-17(29)13-24(4)19-18(27(30)31)20(23-14-22-19)26-11-9-25(10-12-26)15-7-5-6-8-16(15)28/h5-8,14,28H,9-13H2,1-4H3. The van der Waals surface area contributed by atoms with Crippen LogP contribution in [-0.4, -0.2) is 71.3 Å². The zero-order valence-electron chi connectivity index (χ0n) is 18.7. The number of carbonyl (C=O) groups excluding carboxylic acids is 1. The first-order valence-corrected chi connectivity index (χ1v) is 10.3. The maximum Gasteiger partial charge on any atom is 0.353 e. The van der Waals surface area contributed by atoms with Gasteiger partial charge in [-0.25, -0.2) is 9.97 Å². The first-order chi connectivity index (χ1) is 15.1. The van der Waals surface area contributed by atoms with Crippen molar-refractivity contribution < 1.29 is 19.6 Å². The van der Waals surface area contributed by atoms with Crippen molar-refractivity contribution in [1.29, 1.82) is 0 Å². The minimum atomic E-state index is -0.659. The van der Waals surface area contributed by atoms with Gasteiger partial charge in [-0.2, -0.15) is 0 Å². The summed E-state index contributed by atoms with van der Waals surface area (Å²) < 4.78 is 5.31. The van der Waals surface area contributed by atoms with Crippen LogP contribution in [0.4, 0.5) is 23.0 Å². The van der Waals surface area contributed by atoms with Crippen molar-refractivity contribution in [2.75, 3.05) is 54.5 Å². The Bertz CT molecular complexity index is 985. The molecule has 0 aliphatic carbocycles. The minimum Gasteiger partial charge on any atom is -0.506 e. The molecule has 1 aliphatic rings. The van der Waals surface area contributed by atoms with E-state index in [9.17, 15) is 20.0 Å². The number of carbonyl (C=O) groups is 1. The third-order valence-corrected chi connectivity index (χ3v) is 4.92. The van der Waals surface area contributed by atoms with Crippen LogP contribution in [0, 0.1) is 10.1 Å². The largest absolute Gasteiger partial charge is 0.506 e. The van der Waals surface area contributed by atoms with Crippen LogP contribution in [0.5, 0.6) is 5.75 Å². The second-order valence-corrected chi connectivity index (χ2v) is 8.53. The van der Waals surface area contributed by atoms with E-state index in [4.69, 9.17) is 4.74 Å². The zero-order chi connectivity index (χ0) is 23.5. The number of likely N-dealkylation sites (N-methyl/N-ethyl adjacent to an activating group) is 1. The molecular weight excluding hydrogens is 416 g/mol. The Morgan fingerprint density at radius 3 is 2.41 bits per heavy atom. The molecule has 11 heteroatoms. The summed E-state index contributed by atoms with van der Waals surface area (Å²) in [4.78, 5) is 37.1. The Hall–Kier alpha value is -3.63. The van der Waals surface area contributed by atoms with Gasteiger partial charge in [0, 0.05) is 33.2 Å². The fourth-order valence-electron chi connectivity index (χ4n) is 3.57. The summed E-state index contributed by atoms with van der Waals surface area (Å²) in [7, 11) is 1.55. The van der Waals surface area contributed by atoms with E-state index >= 15 is 0 Å². The molecule has 32 heavy (non-hydrogen) atoms. The number of anilines is 3. The Morgan fingerprint density at radius 2 is 1.81 bits per heavy atom. The van der Waals surface area contributed by atoms with Crippen molar-refractivity contribution in [2.45, 2.75) is 26.4 Å². The molecule has 0 saturated carbocycles. The maximum atomic E-state index is 12.2. The molecule has 0 atom stereocenters. The predicted molar refractivity (Wildman–Crippen MR) is 120 cm³/mol. The third-order valence-electron chi connectivity index (χ3n) is 4.92. The lowest BCUT2D eigenvalue weighted by Crippen LogP contribution is -2.47. The molecule has 1 saturated heterocycles. The number of phenolic OH excluding ortho intramolecular Hbond substituents is 1. The average molecular weight is 444 g/mol. The lowest BCUT2D eigenvalue weighted by molar-refractivity contribution is -0.383. The van der Waals surface area contributed by atoms with Crippen LogP contribution in [0.1, 0.15) is 20.8 Å². The van der Waals surface area contributed by atoms with Crippen molar-refractivity contribution >= 4 is 29.0 Å². The molecule has 1 N–H and O–H groups in total. The van der Waals surface area contributed by atoms with E-state index in [2.05, 4.69) is 9.97 Å². The number of benzene rings is 1. The van der Waals surface area contributed by atoms with Crippen molar-refractivity contribution in [3.8, 4) is 5.75 Å². The Morgan fingerprint density at radius 1 is 1.19 bits per heavy atom. The molecule has 0 amide bonds. The Balaban J connectivity index is 1.79. The monoisotopic (exact) mass is 444 g/mol. The first-order valence-electron chi connectivity index (χ1n) is 10.3. The van der Waals surface area contributed by atoms with Gasteiger partial charge in [-0.05, 0) is 32.9 Å². The highest BCUT2D eigenvalue weighted by Gasteiger charge is 2.32. The van der Waals surface area contributed by atoms with Crippen LogP contribution in [0.2, 0.25) is 0 Å². The molecule has 11 nitrogen and oxygen atoms in total. The quantitative estimate of drug-likeness (QED) is 0.402. The van der Waals surface area contributed by atoms with E-state index in [1.54, 1.807) is 40.0 Å². The summed E-state index contributed by atoms with van der Waals surface area (Å²) in [5.41, 5.74) is -0.190. The summed E-state index contributed by atoms with van der Waals surface area (Å²) in [6.07, 6.45) is 1.26. The van der Waals surface area contributed by atoms with Crippen molar-refractivity contribution in [3.05, 3.63) is 40.7 Å². The summed E-state index contributed by atoms with van der Waals surface area (Å²) >= 11 is 0. The number of esters is 1. The van der Waals surface area contributed by atoms with Crippen molar-refractivity contribution in [2.24, 2.45) is 0 Å². The number of nitrogens with zero attached hydrogens (tertiary/aromatic N) is 6. The van der Waals surface area contributed by atoms with Crippen LogP contribution in [0.25, 0.3) is 0 Å². The molecule has 0 bridgehead atoms. The number of para-hydroxylation sites is 2. The topological polar surface area (TPSA) is 125 Å². The van der Waals surface area contributed by atoms with E-state index in [1.165, 1.54) is 11.2 Å². The van der Waals surface area contributed by atoms with Gasteiger partial charge in [0.1, 0.15) is 24.2 Å². The predicted octanol–water partition coefficient (Wildman–Crippen LogP) is 2.19. The second kappa shape index (κ2) is 9.25. The molecule has 1 aromatic carbocycles. The van der Waals surface area contributed by atoms with Gasteiger partial charge in [-0.15, -0.1) is 0 Å². The van der Waals surface area contributed by atoms with Crippen LogP contribution in [-0.2, 0) is 9.53 Å². The third kappa shape index (κ3) is 5.34. The number of piperazine rings is 1. The fourth-order valence-corrected chi connectivity index (χ4v) is 3.57. The van der Waals surface area contributed by atoms with Crippen molar-refractivity contribution in [3.63, 3.8) is 0 Å². The average Bonchev–Trinajstić information content (AvgIpc) is 2.72. The van der Waals surface area contributed by atoms with Crippen LogP contribution in [0.3, 0.4) is 0 Å². The SMILES string of the molecule is CN(CC(=O)OC(C)(C)C)c1ncnc(N2CCN(c3ccccc3O)CC2)c1[N+](=O)[O-]. The molecule has 0 spiro atoms. The Labute approximate surface area is 186 Å². The van der Waals surface area contributed by atoms with Crippen molar-refractivity contribution in [1.82, 2.24) is 9.97 Å². The van der Waals surface area contributed by atoms with Crippen LogP contribution < -0.4 is 14.7 Å². The highest BCUT2D eigenvalue weighted by molar-refractivity contribution is 5.79. The smallest absolute Gasteiger partial charge is 0.353 e. The molecule has 1 aliphatic heterocycles. The maximum absolute atomic E-state index is 12.2. The molecule has 172 valence electrons. The number of nitro groups is 1. The molecule has 1 aromatic heterocycles. The molecule has 1 fully saturated rings. The number of ether oxygens (including phenoxy) is 1. The number of aromatic nitrogens is 2. The highest BCUT2D eigenvalue weighted by Crippen LogP contribution is 2.35. The van der Waals surface area contributed by atoms with Gasteiger partial charge in [0.05, 0.1) is 10.6 Å². The van der Waals surface area contributed by atoms with E-state index < -0.39 is 16.5 Å². The van der Waals surface area contributed by atoms with Gasteiger partial charge in [-0.1, -0.05) is 12.1 Å². The minimum absolute atomic E-state index is 0.0500. The molecule has 0 radical (unpaired) electrons. The van der Waals surface area contributed by atoms with E-state index in [0.29, 0.717) is 26.2 Å². The van der Waals surface area contributed by atoms with E-state index in [-0.39, 0.29) is 29.6 Å². The summed E-state index contributed by atoms with van der Waals surface area (Å²) in [5.74, 6) is -0.0623. The van der Waals surface area contributed by atoms with Gasteiger partial charge in [0.15, 0.2) is 0 Å². The van der Waals surface area contributed by atoms with Gasteiger partial charge >= 0.3 is 11.7 Å². The van der Waals surface area contributed by atoms with Gasteiger partial charge < -0.3 is 24.5 Å². The lowest BCUT2D eigenvalue weighted by atomic mass is 10.2. The van der Waals surface area contributed by atoms with Crippen LogP contribution in [0.15, 0.2) is 30.6 Å². The number of hydrogen-bond donors (Lipinski definition) is 1. The Kier molecular flexibility index (Phi) is 6.66. The zero-order valence-corrected chi connectivity index (χ0v) is 18.7. The lowest BCUT2D eigenvalue weighted by Gasteiger charge is -2.36. The van der Waals surface area contributed by atoms with Gasteiger partial charge in [-0.3, -0.25) is 14.9 Å². The van der Waals surface area contributed by atoms with E-state index in [0.717, 1.165) is 5.69 Å². The molecule has 0 unspecified atom stereocenters. The molecule has 3 rings (SSSR count).